The lowest BCUT2D eigenvalue weighted by Gasteiger charge is -1.91. The number of hydrogen-bond donors (Lipinski definition) is 3. The van der Waals surface area contributed by atoms with Crippen molar-refractivity contribution in [1.82, 2.24) is 4.98 Å². The Morgan fingerprint density at radius 3 is 1.62 bits per heavy atom. The van der Waals surface area contributed by atoms with Gasteiger partial charge in [-0.2, -0.15) is 0 Å². The van der Waals surface area contributed by atoms with E-state index in [9.17, 15) is 0 Å². The Kier molecular flexibility index (Phi) is 3.45. The number of nitrogens with two attached hydrogens (primary N) is 2. The molecule has 0 unspecified atom stereocenters. The molecular weight excluding hydrogens is 162 g/mol. The molecule has 0 aliphatic carbocycles. The second-order valence-corrected chi connectivity index (χ2v) is 2.56. The van der Waals surface area contributed by atoms with Crippen molar-refractivity contribution in [1.29, 1.82) is 0 Å². The second-order valence-electron chi connectivity index (χ2n) is 2.56. The number of anilines is 2. The van der Waals surface area contributed by atoms with Crippen molar-refractivity contribution in [3.63, 3.8) is 0 Å². The fourth-order valence-corrected chi connectivity index (χ4v) is 0.837. The molecule has 0 fully saturated rings. The molecule has 5 N–H and O–H groups in total. The van der Waals surface area contributed by atoms with E-state index in [2.05, 4.69) is 4.98 Å². The number of aromatic nitrogens is 1. The van der Waals surface area contributed by atoms with Crippen LogP contribution in [0.25, 0.3) is 0 Å². The summed E-state index contributed by atoms with van der Waals surface area (Å²) in [5.74, 6) is 0. The number of rotatable bonds is 0. The highest BCUT2D eigenvalue weighted by Gasteiger charge is 1.81. The summed E-state index contributed by atoms with van der Waals surface area (Å²) >= 11 is 0. The zero-order valence-electron chi connectivity index (χ0n) is 7.27. The van der Waals surface area contributed by atoms with Gasteiger partial charge < -0.3 is 16.5 Å². The maximum atomic E-state index is 5.38. The average molecular weight is 175 g/mol. The molecule has 68 valence electrons. The Morgan fingerprint density at radius 1 is 0.846 bits per heavy atom. The van der Waals surface area contributed by atoms with Crippen LogP contribution in [0.15, 0.2) is 48.8 Å². The van der Waals surface area contributed by atoms with Crippen LogP contribution in [0, 0.1) is 0 Å². The van der Waals surface area contributed by atoms with E-state index in [-0.39, 0.29) is 0 Å². The minimum absolute atomic E-state index is 0.713. The highest BCUT2D eigenvalue weighted by atomic mass is 14.6. The molecule has 0 saturated heterocycles. The van der Waals surface area contributed by atoms with Crippen LogP contribution in [0.4, 0.5) is 11.4 Å². The molecule has 1 heterocycles. The molecule has 3 heteroatoms. The first kappa shape index (κ1) is 9.19. The standard InChI is InChI=1S/C6H8N2.C4H5N/c7-5-2-1-3-6(8)4-5;1-2-4-5-3-1/h1-4H,7-8H2;1-5H. The highest BCUT2D eigenvalue weighted by molar-refractivity contribution is 5.50. The van der Waals surface area contributed by atoms with Crippen LogP contribution in [-0.2, 0) is 0 Å². The zero-order chi connectivity index (χ0) is 9.52. The van der Waals surface area contributed by atoms with Crippen LogP contribution in [0.1, 0.15) is 0 Å². The maximum absolute atomic E-state index is 5.38. The summed E-state index contributed by atoms with van der Waals surface area (Å²) in [6, 6.07) is 11.0. The van der Waals surface area contributed by atoms with E-state index in [4.69, 9.17) is 11.5 Å². The zero-order valence-corrected chi connectivity index (χ0v) is 7.27. The fourth-order valence-electron chi connectivity index (χ4n) is 0.837. The van der Waals surface area contributed by atoms with Crippen molar-refractivity contribution in [2.24, 2.45) is 0 Å². The topological polar surface area (TPSA) is 67.8 Å². The number of nitrogen functional groups attached to an aromatic ring is 2. The molecule has 2 aromatic rings. The number of aromatic amines is 1. The summed E-state index contributed by atoms with van der Waals surface area (Å²) in [7, 11) is 0. The molecule has 3 nitrogen and oxygen atoms in total. The van der Waals surface area contributed by atoms with Crippen molar-refractivity contribution in [2.45, 2.75) is 0 Å². The minimum Gasteiger partial charge on any atom is -0.399 e. The fraction of sp³-hybridized carbons (Fsp3) is 0. The summed E-state index contributed by atoms with van der Waals surface area (Å²) in [5.41, 5.74) is 12.2. The van der Waals surface area contributed by atoms with Gasteiger partial charge in [-0.25, -0.2) is 0 Å². The van der Waals surface area contributed by atoms with Gasteiger partial charge in [0.1, 0.15) is 0 Å². The molecule has 0 amide bonds. The lowest BCUT2D eigenvalue weighted by molar-refractivity contribution is 1.42. The van der Waals surface area contributed by atoms with Crippen molar-refractivity contribution in [3.8, 4) is 0 Å². The predicted octanol–water partition coefficient (Wildman–Crippen LogP) is 1.87. The normalized spacial score (nSPS) is 8.62. The molecule has 0 radical (unpaired) electrons. The first-order chi connectivity index (χ1) is 6.29. The van der Waals surface area contributed by atoms with E-state index in [1.807, 2.05) is 30.6 Å². The first-order valence-electron chi connectivity index (χ1n) is 3.98. The Bertz CT molecular complexity index is 293. The maximum Gasteiger partial charge on any atom is 0.0334 e. The van der Waals surface area contributed by atoms with Crippen LogP contribution >= 0.6 is 0 Å². The van der Waals surface area contributed by atoms with Crippen LogP contribution < -0.4 is 11.5 Å². The summed E-state index contributed by atoms with van der Waals surface area (Å²) in [4.78, 5) is 2.86. The third kappa shape index (κ3) is 3.86. The van der Waals surface area contributed by atoms with Crippen LogP contribution in [0.3, 0.4) is 0 Å². The van der Waals surface area contributed by atoms with E-state index in [0.29, 0.717) is 11.4 Å². The lowest BCUT2D eigenvalue weighted by atomic mass is 10.3. The summed E-state index contributed by atoms with van der Waals surface area (Å²) in [5, 5.41) is 0. The van der Waals surface area contributed by atoms with Crippen molar-refractivity contribution in [2.75, 3.05) is 11.5 Å². The molecule has 13 heavy (non-hydrogen) atoms. The van der Waals surface area contributed by atoms with E-state index in [1.165, 1.54) is 0 Å². The summed E-state index contributed by atoms with van der Waals surface area (Å²) < 4.78 is 0. The third-order valence-electron chi connectivity index (χ3n) is 1.41. The van der Waals surface area contributed by atoms with Crippen molar-refractivity contribution in [3.05, 3.63) is 48.8 Å². The molecule has 1 aromatic heterocycles. The van der Waals surface area contributed by atoms with Crippen molar-refractivity contribution >= 4 is 11.4 Å². The van der Waals surface area contributed by atoms with Gasteiger partial charge in [0.05, 0.1) is 0 Å². The van der Waals surface area contributed by atoms with Gasteiger partial charge in [-0.05, 0) is 30.3 Å². The molecule has 0 atom stereocenters. The SMILES string of the molecule is Nc1cccc(N)c1.c1cc[nH]c1. The van der Waals surface area contributed by atoms with Crippen LogP contribution in [-0.4, -0.2) is 4.98 Å². The second kappa shape index (κ2) is 4.87. The Hall–Kier alpha value is -1.90. The molecule has 0 aliphatic rings. The number of hydrogen-bond acceptors (Lipinski definition) is 2. The van der Waals surface area contributed by atoms with Gasteiger partial charge in [0.15, 0.2) is 0 Å². The van der Waals surface area contributed by atoms with Gasteiger partial charge in [-0.1, -0.05) is 6.07 Å². The van der Waals surface area contributed by atoms with Gasteiger partial charge in [0, 0.05) is 23.8 Å². The van der Waals surface area contributed by atoms with E-state index in [0.717, 1.165) is 0 Å². The number of H-pyrrole nitrogens is 1. The van der Waals surface area contributed by atoms with Gasteiger partial charge in [-0.3, -0.25) is 0 Å². The first-order valence-corrected chi connectivity index (χ1v) is 3.98. The molecule has 2 rings (SSSR count). The molecule has 0 spiro atoms. The summed E-state index contributed by atoms with van der Waals surface area (Å²) in [6.07, 6.45) is 3.75. The number of benzene rings is 1. The molecule has 0 aliphatic heterocycles. The van der Waals surface area contributed by atoms with Gasteiger partial charge in [-0.15, -0.1) is 0 Å². The Morgan fingerprint density at radius 2 is 1.38 bits per heavy atom. The van der Waals surface area contributed by atoms with Gasteiger partial charge in [0.25, 0.3) is 0 Å². The molecule has 1 aromatic carbocycles. The summed E-state index contributed by atoms with van der Waals surface area (Å²) in [6.45, 7) is 0. The lowest BCUT2D eigenvalue weighted by Crippen LogP contribution is -1.87. The quantitative estimate of drug-likeness (QED) is 0.535. The number of nitrogens with one attached hydrogen (secondary N) is 1. The smallest absolute Gasteiger partial charge is 0.0334 e. The van der Waals surface area contributed by atoms with Gasteiger partial charge >= 0.3 is 0 Å². The van der Waals surface area contributed by atoms with Gasteiger partial charge in [0.2, 0.25) is 0 Å². The Labute approximate surface area is 77.4 Å². The van der Waals surface area contributed by atoms with Crippen LogP contribution in [0.5, 0.6) is 0 Å². The average Bonchev–Trinajstić information content (AvgIpc) is 2.59. The largest absolute Gasteiger partial charge is 0.399 e. The molecule has 0 saturated carbocycles. The Balaban J connectivity index is 0.000000145. The van der Waals surface area contributed by atoms with E-state index >= 15 is 0 Å². The monoisotopic (exact) mass is 175 g/mol. The molecular formula is C10H13N3. The van der Waals surface area contributed by atoms with Crippen LogP contribution in [0.2, 0.25) is 0 Å². The predicted molar refractivity (Wildman–Crippen MR) is 56.1 cm³/mol. The molecule has 0 bridgehead atoms. The minimum atomic E-state index is 0.713. The highest BCUT2D eigenvalue weighted by Crippen LogP contribution is 2.06. The van der Waals surface area contributed by atoms with Crippen molar-refractivity contribution < 1.29 is 0 Å². The third-order valence-corrected chi connectivity index (χ3v) is 1.41. The van der Waals surface area contributed by atoms with E-state index < -0.39 is 0 Å². The van der Waals surface area contributed by atoms with E-state index in [1.54, 1.807) is 18.2 Å².